The Bertz CT molecular complexity index is 329. The average molecular weight is 203 g/mol. The number of pyridine rings is 1. The van der Waals surface area contributed by atoms with E-state index in [1.807, 2.05) is 0 Å². The van der Waals surface area contributed by atoms with E-state index in [0.717, 1.165) is 6.07 Å². The minimum atomic E-state index is -2.79. The van der Waals surface area contributed by atoms with Crippen molar-refractivity contribution in [2.45, 2.75) is 32.6 Å². The van der Waals surface area contributed by atoms with Crippen LogP contribution in [0, 0.1) is 5.82 Å². The molecule has 14 heavy (non-hydrogen) atoms. The maximum Gasteiger partial charge on any atom is 0.266 e. The monoisotopic (exact) mass is 203 g/mol. The predicted octanol–water partition coefficient (Wildman–Crippen LogP) is 3.46. The molecule has 0 aliphatic rings. The van der Waals surface area contributed by atoms with Crippen molar-refractivity contribution in [1.29, 1.82) is 0 Å². The fraction of sp³-hybridized carbons (Fsp3) is 0.500. The van der Waals surface area contributed by atoms with E-state index < -0.39 is 23.2 Å². The molecule has 0 N–H and O–H groups in total. The van der Waals surface area contributed by atoms with Crippen LogP contribution in [-0.2, 0) is 5.41 Å². The highest BCUT2D eigenvalue weighted by Gasteiger charge is 2.24. The molecule has 4 heteroatoms. The van der Waals surface area contributed by atoms with Crippen molar-refractivity contribution >= 4 is 0 Å². The van der Waals surface area contributed by atoms with Gasteiger partial charge >= 0.3 is 0 Å². The topological polar surface area (TPSA) is 12.9 Å². The number of halogens is 3. The first-order valence-electron chi connectivity index (χ1n) is 4.27. The quantitative estimate of drug-likeness (QED) is 0.681. The minimum Gasteiger partial charge on any atom is -0.258 e. The largest absolute Gasteiger partial charge is 0.266 e. The Morgan fingerprint density at radius 2 is 1.86 bits per heavy atom. The molecule has 1 aromatic heterocycles. The van der Waals surface area contributed by atoms with Gasteiger partial charge in [0.2, 0.25) is 0 Å². The zero-order chi connectivity index (χ0) is 10.9. The van der Waals surface area contributed by atoms with Gasteiger partial charge in [-0.3, -0.25) is 4.98 Å². The van der Waals surface area contributed by atoms with Gasteiger partial charge in [0.15, 0.2) is 5.82 Å². The lowest BCUT2D eigenvalue weighted by molar-refractivity contribution is 0.145. The van der Waals surface area contributed by atoms with Crippen LogP contribution in [0.4, 0.5) is 13.2 Å². The van der Waals surface area contributed by atoms with Crippen LogP contribution in [0.25, 0.3) is 0 Å². The first-order chi connectivity index (χ1) is 6.34. The highest BCUT2D eigenvalue weighted by atomic mass is 19.3. The molecule has 0 aliphatic heterocycles. The zero-order valence-corrected chi connectivity index (χ0v) is 8.31. The molecule has 0 saturated carbocycles. The summed E-state index contributed by atoms with van der Waals surface area (Å²) >= 11 is 0. The number of aromatic nitrogens is 1. The van der Waals surface area contributed by atoms with Gasteiger partial charge < -0.3 is 0 Å². The molecule has 0 bridgehead atoms. The molecule has 1 heterocycles. The van der Waals surface area contributed by atoms with Crippen molar-refractivity contribution in [2.24, 2.45) is 0 Å². The first-order valence-corrected chi connectivity index (χ1v) is 4.27. The van der Waals surface area contributed by atoms with Crippen molar-refractivity contribution in [3.05, 3.63) is 29.3 Å². The Morgan fingerprint density at radius 1 is 1.29 bits per heavy atom. The highest BCUT2D eigenvalue weighted by Crippen LogP contribution is 2.28. The highest BCUT2D eigenvalue weighted by molar-refractivity contribution is 5.24. The Hall–Kier alpha value is -1.06. The van der Waals surface area contributed by atoms with Gasteiger partial charge in [-0.05, 0) is 6.07 Å². The minimum absolute atomic E-state index is 0.0790. The summed E-state index contributed by atoms with van der Waals surface area (Å²) in [6.07, 6.45) is -1.58. The van der Waals surface area contributed by atoms with Crippen LogP contribution in [0.2, 0.25) is 0 Å². The van der Waals surface area contributed by atoms with Crippen LogP contribution >= 0.6 is 0 Å². The Balaban J connectivity index is 3.28. The van der Waals surface area contributed by atoms with Gasteiger partial charge in [-0.1, -0.05) is 20.8 Å². The number of hydrogen-bond donors (Lipinski definition) is 0. The second-order valence-corrected chi connectivity index (χ2v) is 4.11. The molecule has 0 unspecified atom stereocenters. The van der Waals surface area contributed by atoms with E-state index in [0.29, 0.717) is 0 Å². The SMILES string of the molecule is CC(C)(C)c1nccc(C(F)F)c1F. The van der Waals surface area contributed by atoms with Gasteiger partial charge in [-0.25, -0.2) is 13.2 Å². The summed E-state index contributed by atoms with van der Waals surface area (Å²) in [7, 11) is 0. The first kappa shape index (κ1) is 11.0. The molecule has 0 aromatic carbocycles. The molecule has 0 atom stereocenters. The van der Waals surface area contributed by atoms with Crippen LogP contribution in [0.1, 0.15) is 38.5 Å². The third-order valence-electron chi connectivity index (χ3n) is 1.86. The second kappa shape index (κ2) is 3.59. The normalized spacial score (nSPS) is 12.2. The molecule has 1 rings (SSSR count). The standard InChI is InChI=1S/C10H12F3N/c1-10(2,3)8-7(11)6(9(12)13)4-5-14-8/h4-5,9H,1-3H3. The summed E-state index contributed by atoms with van der Waals surface area (Å²) in [5, 5.41) is 0. The van der Waals surface area contributed by atoms with Gasteiger partial charge in [0.1, 0.15) is 0 Å². The van der Waals surface area contributed by atoms with Crippen molar-refractivity contribution in [1.82, 2.24) is 4.98 Å². The number of alkyl halides is 2. The van der Waals surface area contributed by atoms with E-state index in [4.69, 9.17) is 0 Å². The number of nitrogens with zero attached hydrogens (tertiary/aromatic N) is 1. The van der Waals surface area contributed by atoms with Crippen LogP contribution in [0.5, 0.6) is 0 Å². The lowest BCUT2D eigenvalue weighted by Gasteiger charge is -2.19. The van der Waals surface area contributed by atoms with E-state index >= 15 is 0 Å². The summed E-state index contributed by atoms with van der Waals surface area (Å²) in [6, 6.07) is 1.01. The van der Waals surface area contributed by atoms with Gasteiger partial charge in [0.05, 0.1) is 11.3 Å². The maximum absolute atomic E-state index is 13.5. The van der Waals surface area contributed by atoms with Gasteiger partial charge in [-0.15, -0.1) is 0 Å². The zero-order valence-electron chi connectivity index (χ0n) is 8.31. The third kappa shape index (κ3) is 2.05. The average Bonchev–Trinajstić information content (AvgIpc) is 2.01. The summed E-state index contributed by atoms with van der Waals surface area (Å²) in [5.74, 6) is -0.894. The van der Waals surface area contributed by atoms with E-state index in [-0.39, 0.29) is 5.69 Å². The molecule has 0 saturated heterocycles. The van der Waals surface area contributed by atoms with Gasteiger partial charge in [0, 0.05) is 11.6 Å². The molecule has 78 valence electrons. The summed E-state index contributed by atoms with van der Waals surface area (Å²) in [5.41, 5.74) is -1.06. The molecule has 0 amide bonds. The lowest BCUT2D eigenvalue weighted by atomic mass is 9.90. The Labute approximate surface area is 81.0 Å². The van der Waals surface area contributed by atoms with Crippen molar-refractivity contribution < 1.29 is 13.2 Å². The van der Waals surface area contributed by atoms with Crippen LogP contribution in [0.3, 0.4) is 0 Å². The smallest absolute Gasteiger partial charge is 0.258 e. The molecule has 1 nitrogen and oxygen atoms in total. The molecule has 0 spiro atoms. The van der Waals surface area contributed by atoms with E-state index in [1.54, 1.807) is 20.8 Å². The molecule has 1 aromatic rings. The Kier molecular flexibility index (Phi) is 2.83. The molecule has 0 aliphatic carbocycles. The van der Waals surface area contributed by atoms with Gasteiger partial charge in [0.25, 0.3) is 6.43 Å². The van der Waals surface area contributed by atoms with E-state index in [2.05, 4.69) is 4.98 Å². The lowest BCUT2D eigenvalue weighted by Crippen LogP contribution is -2.17. The Morgan fingerprint density at radius 3 is 2.29 bits per heavy atom. The summed E-state index contributed by atoms with van der Waals surface area (Å²) < 4.78 is 38.1. The fourth-order valence-electron chi connectivity index (χ4n) is 1.15. The van der Waals surface area contributed by atoms with Crippen molar-refractivity contribution in [2.75, 3.05) is 0 Å². The van der Waals surface area contributed by atoms with Crippen LogP contribution < -0.4 is 0 Å². The molecular weight excluding hydrogens is 191 g/mol. The third-order valence-corrected chi connectivity index (χ3v) is 1.86. The van der Waals surface area contributed by atoms with Crippen LogP contribution in [-0.4, -0.2) is 4.98 Å². The predicted molar refractivity (Wildman–Crippen MR) is 47.9 cm³/mol. The molecule has 0 radical (unpaired) electrons. The fourth-order valence-corrected chi connectivity index (χ4v) is 1.15. The van der Waals surface area contributed by atoms with E-state index in [9.17, 15) is 13.2 Å². The van der Waals surface area contributed by atoms with Crippen LogP contribution in [0.15, 0.2) is 12.3 Å². The van der Waals surface area contributed by atoms with E-state index in [1.165, 1.54) is 6.20 Å². The molecule has 0 fully saturated rings. The second-order valence-electron chi connectivity index (χ2n) is 4.11. The molecular formula is C10H12F3N. The van der Waals surface area contributed by atoms with Crippen molar-refractivity contribution in [3.63, 3.8) is 0 Å². The summed E-state index contributed by atoms with van der Waals surface area (Å²) in [6.45, 7) is 5.19. The number of rotatable bonds is 1. The summed E-state index contributed by atoms with van der Waals surface area (Å²) in [4.78, 5) is 3.78. The number of hydrogen-bond acceptors (Lipinski definition) is 1. The van der Waals surface area contributed by atoms with Gasteiger partial charge in [-0.2, -0.15) is 0 Å². The van der Waals surface area contributed by atoms with Crippen molar-refractivity contribution in [3.8, 4) is 0 Å². The maximum atomic E-state index is 13.5.